The summed E-state index contributed by atoms with van der Waals surface area (Å²) in [6.07, 6.45) is 3.24. The maximum absolute atomic E-state index is 12.7. The fourth-order valence-electron chi connectivity index (χ4n) is 3.29. The van der Waals surface area contributed by atoms with Crippen LogP contribution in [-0.4, -0.2) is 29.3 Å². The first-order valence-corrected chi connectivity index (χ1v) is 9.76. The first kappa shape index (κ1) is 19.2. The molecule has 1 heterocycles. The molecule has 1 saturated heterocycles. The molecular weight excluding hydrogens is 396 g/mol. The van der Waals surface area contributed by atoms with Crippen LogP contribution in [0, 0.1) is 10.1 Å². The molecule has 4 rings (SSSR count). The third kappa shape index (κ3) is 4.17. The van der Waals surface area contributed by atoms with Crippen LogP contribution in [0.3, 0.4) is 0 Å². The van der Waals surface area contributed by atoms with Crippen LogP contribution in [-0.2, 0) is 4.79 Å². The van der Waals surface area contributed by atoms with Gasteiger partial charge in [0.1, 0.15) is 5.69 Å². The van der Waals surface area contributed by atoms with Crippen molar-refractivity contribution in [2.45, 2.75) is 31.7 Å². The molecule has 0 radical (unpaired) electrons. The van der Waals surface area contributed by atoms with Crippen LogP contribution in [0.15, 0.2) is 36.4 Å². The number of anilines is 3. The maximum atomic E-state index is 12.7. The van der Waals surface area contributed by atoms with Crippen LogP contribution in [0.4, 0.5) is 22.7 Å². The summed E-state index contributed by atoms with van der Waals surface area (Å²) in [5.74, 6) is -0.489. The van der Waals surface area contributed by atoms with E-state index < -0.39 is 10.8 Å². The van der Waals surface area contributed by atoms with Crippen LogP contribution in [0.2, 0.25) is 5.02 Å². The van der Waals surface area contributed by atoms with Gasteiger partial charge in [-0.15, -0.1) is 0 Å². The summed E-state index contributed by atoms with van der Waals surface area (Å²) in [6.45, 7) is 0.621. The highest BCUT2D eigenvalue weighted by atomic mass is 35.5. The highest BCUT2D eigenvalue weighted by molar-refractivity contribution is 6.34. The standard InChI is InChI=1S/C20H19ClN4O4/c21-15-7-6-14(24-9-1-2-19(24)26)11-17(15)23-20(27)12-3-8-16(22-13-4-5-13)18(10-12)25(28)29/h3,6-8,10-11,13,22H,1-2,4-5,9H2,(H,23,27). The van der Waals surface area contributed by atoms with Crippen molar-refractivity contribution >= 4 is 46.2 Å². The molecule has 0 aromatic heterocycles. The minimum absolute atomic E-state index is 0.0268. The molecule has 2 amide bonds. The molecule has 9 heteroatoms. The molecule has 0 unspecified atom stereocenters. The van der Waals surface area contributed by atoms with Crippen LogP contribution < -0.4 is 15.5 Å². The normalized spacial score (nSPS) is 16.0. The van der Waals surface area contributed by atoms with E-state index in [1.165, 1.54) is 12.1 Å². The fourth-order valence-corrected chi connectivity index (χ4v) is 3.45. The van der Waals surface area contributed by atoms with Crippen LogP contribution >= 0.6 is 11.6 Å². The summed E-state index contributed by atoms with van der Waals surface area (Å²) in [5, 5.41) is 17.5. The Balaban J connectivity index is 1.56. The molecule has 2 fully saturated rings. The molecule has 1 aliphatic heterocycles. The number of carbonyl (C=O) groups is 2. The van der Waals surface area contributed by atoms with E-state index in [4.69, 9.17) is 11.6 Å². The van der Waals surface area contributed by atoms with Crippen molar-refractivity contribution in [3.63, 3.8) is 0 Å². The zero-order valence-corrected chi connectivity index (χ0v) is 16.2. The number of nitrogens with zero attached hydrogens (tertiary/aromatic N) is 2. The molecule has 2 N–H and O–H groups in total. The number of carbonyl (C=O) groups excluding carboxylic acids is 2. The molecule has 0 atom stereocenters. The summed E-state index contributed by atoms with van der Waals surface area (Å²) in [5.41, 5.74) is 1.41. The first-order valence-electron chi connectivity index (χ1n) is 9.38. The number of benzene rings is 2. The predicted molar refractivity (Wildman–Crippen MR) is 111 cm³/mol. The molecule has 0 bridgehead atoms. The molecule has 29 heavy (non-hydrogen) atoms. The van der Waals surface area contributed by atoms with Gasteiger partial charge in [-0.2, -0.15) is 0 Å². The highest BCUT2D eigenvalue weighted by Gasteiger charge is 2.26. The third-order valence-electron chi connectivity index (χ3n) is 4.98. The number of nitrogens with one attached hydrogen (secondary N) is 2. The summed E-state index contributed by atoms with van der Waals surface area (Å²) in [4.78, 5) is 37.2. The van der Waals surface area contributed by atoms with Crippen LogP contribution in [0.5, 0.6) is 0 Å². The quantitative estimate of drug-likeness (QED) is 0.544. The number of rotatable bonds is 6. The topological polar surface area (TPSA) is 105 Å². The first-order chi connectivity index (χ1) is 13.9. The van der Waals surface area contributed by atoms with Crippen molar-refractivity contribution in [2.24, 2.45) is 0 Å². The Morgan fingerprint density at radius 1 is 1.17 bits per heavy atom. The van der Waals surface area contributed by atoms with Crippen molar-refractivity contribution in [3.8, 4) is 0 Å². The van der Waals surface area contributed by atoms with Crippen LogP contribution in [0.1, 0.15) is 36.0 Å². The zero-order chi connectivity index (χ0) is 20.5. The molecule has 0 spiro atoms. The van der Waals surface area contributed by atoms with E-state index in [0.717, 1.165) is 19.3 Å². The van der Waals surface area contributed by atoms with Gasteiger partial charge < -0.3 is 15.5 Å². The lowest BCUT2D eigenvalue weighted by Crippen LogP contribution is -2.23. The molecule has 8 nitrogen and oxygen atoms in total. The number of hydrogen-bond acceptors (Lipinski definition) is 5. The summed E-state index contributed by atoms with van der Waals surface area (Å²) in [7, 11) is 0. The molecule has 1 saturated carbocycles. The highest BCUT2D eigenvalue weighted by Crippen LogP contribution is 2.33. The number of amides is 2. The number of nitro groups is 1. The molecule has 2 aromatic carbocycles. The Morgan fingerprint density at radius 2 is 1.97 bits per heavy atom. The average Bonchev–Trinajstić information content (AvgIpc) is 3.41. The van der Waals surface area contributed by atoms with E-state index in [1.54, 1.807) is 29.2 Å². The summed E-state index contributed by atoms with van der Waals surface area (Å²) >= 11 is 6.21. The van der Waals surface area contributed by atoms with E-state index in [2.05, 4.69) is 10.6 Å². The Bertz CT molecular complexity index is 1010. The SMILES string of the molecule is O=C(Nc1cc(N2CCCC2=O)ccc1Cl)c1ccc(NC2CC2)c([N+](=O)[O-])c1. The van der Waals surface area contributed by atoms with Gasteiger partial charge in [0.05, 0.1) is 15.6 Å². The van der Waals surface area contributed by atoms with E-state index in [0.29, 0.717) is 35.1 Å². The van der Waals surface area contributed by atoms with Gasteiger partial charge in [0.25, 0.3) is 11.6 Å². The van der Waals surface area contributed by atoms with Crippen molar-refractivity contribution in [1.29, 1.82) is 0 Å². The summed E-state index contributed by atoms with van der Waals surface area (Å²) < 4.78 is 0. The van der Waals surface area contributed by atoms with Crippen molar-refractivity contribution in [2.75, 3.05) is 22.1 Å². The minimum Gasteiger partial charge on any atom is -0.377 e. The van der Waals surface area contributed by atoms with Gasteiger partial charge in [-0.25, -0.2) is 0 Å². The molecule has 1 aliphatic carbocycles. The molecule has 2 aromatic rings. The minimum atomic E-state index is -0.516. The number of nitro benzene ring substituents is 1. The largest absolute Gasteiger partial charge is 0.377 e. The zero-order valence-electron chi connectivity index (χ0n) is 15.5. The predicted octanol–water partition coefficient (Wildman–Crippen LogP) is 4.20. The van der Waals surface area contributed by atoms with Gasteiger partial charge in [-0.3, -0.25) is 19.7 Å². The maximum Gasteiger partial charge on any atom is 0.293 e. The van der Waals surface area contributed by atoms with E-state index in [1.807, 2.05) is 0 Å². The third-order valence-corrected chi connectivity index (χ3v) is 5.31. The Hall–Kier alpha value is -3.13. The molecule has 2 aliphatic rings. The summed E-state index contributed by atoms with van der Waals surface area (Å²) in [6, 6.07) is 9.57. The van der Waals surface area contributed by atoms with E-state index in [9.17, 15) is 19.7 Å². The lowest BCUT2D eigenvalue weighted by atomic mass is 10.1. The average molecular weight is 415 g/mol. The van der Waals surface area contributed by atoms with Crippen molar-refractivity contribution in [3.05, 3.63) is 57.1 Å². The lowest BCUT2D eigenvalue weighted by molar-refractivity contribution is -0.384. The van der Waals surface area contributed by atoms with Crippen LogP contribution in [0.25, 0.3) is 0 Å². The Morgan fingerprint density at radius 3 is 2.62 bits per heavy atom. The van der Waals surface area contributed by atoms with E-state index in [-0.39, 0.29) is 23.2 Å². The Labute approximate surface area is 172 Å². The second-order valence-electron chi connectivity index (χ2n) is 7.17. The van der Waals surface area contributed by atoms with Crippen molar-refractivity contribution < 1.29 is 14.5 Å². The fraction of sp³-hybridized carbons (Fsp3) is 0.300. The van der Waals surface area contributed by atoms with Gasteiger partial charge in [-0.05, 0) is 49.6 Å². The smallest absolute Gasteiger partial charge is 0.293 e. The van der Waals surface area contributed by atoms with Gasteiger partial charge in [-0.1, -0.05) is 11.6 Å². The lowest BCUT2D eigenvalue weighted by Gasteiger charge is -2.17. The number of hydrogen-bond donors (Lipinski definition) is 2. The second kappa shape index (κ2) is 7.71. The van der Waals surface area contributed by atoms with Gasteiger partial charge in [0, 0.05) is 36.3 Å². The van der Waals surface area contributed by atoms with Gasteiger partial charge in [0.2, 0.25) is 5.91 Å². The number of halogens is 1. The second-order valence-corrected chi connectivity index (χ2v) is 7.58. The molecular formula is C20H19ClN4O4. The van der Waals surface area contributed by atoms with Gasteiger partial charge >= 0.3 is 0 Å². The van der Waals surface area contributed by atoms with Crippen molar-refractivity contribution in [1.82, 2.24) is 0 Å². The monoisotopic (exact) mass is 414 g/mol. The van der Waals surface area contributed by atoms with E-state index >= 15 is 0 Å². The molecule has 150 valence electrons. The van der Waals surface area contributed by atoms with Gasteiger partial charge in [0.15, 0.2) is 0 Å². The Kier molecular flexibility index (Phi) is 5.10.